The zero-order chi connectivity index (χ0) is 22.7. The van der Waals surface area contributed by atoms with Crippen molar-refractivity contribution in [2.24, 2.45) is 5.73 Å². The summed E-state index contributed by atoms with van der Waals surface area (Å²) in [7, 11) is 1.67. The lowest BCUT2D eigenvalue weighted by molar-refractivity contribution is 0.0996. The summed E-state index contributed by atoms with van der Waals surface area (Å²) in [5.74, 6) is 0.542. The highest BCUT2D eigenvalue weighted by molar-refractivity contribution is 5.97. The van der Waals surface area contributed by atoms with Gasteiger partial charge in [-0.25, -0.2) is 0 Å². The first-order valence-electron chi connectivity index (χ1n) is 11.3. The molecule has 4 rings (SSSR count). The van der Waals surface area contributed by atoms with Crippen molar-refractivity contribution in [2.45, 2.75) is 38.6 Å². The first-order chi connectivity index (χ1) is 15.5. The number of benzene rings is 2. The maximum Gasteiger partial charge on any atom is 0.248 e. The van der Waals surface area contributed by atoms with Crippen LogP contribution in [0.5, 0.6) is 5.75 Å². The first kappa shape index (κ1) is 22.1. The van der Waals surface area contributed by atoms with Crippen molar-refractivity contribution in [3.8, 4) is 5.75 Å². The van der Waals surface area contributed by atoms with E-state index in [0.717, 1.165) is 73.1 Å². The van der Waals surface area contributed by atoms with E-state index < -0.39 is 0 Å². The van der Waals surface area contributed by atoms with Crippen LogP contribution >= 0.6 is 0 Å². The smallest absolute Gasteiger partial charge is 0.248 e. The van der Waals surface area contributed by atoms with Gasteiger partial charge < -0.3 is 19.9 Å². The van der Waals surface area contributed by atoms with E-state index >= 15 is 0 Å². The lowest BCUT2D eigenvalue weighted by Crippen LogP contribution is -2.35. The van der Waals surface area contributed by atoms with Gasteiger partial charge >= 0.3 is 0 Å². The zero-order valence-electron chi connectivity index (χ0n) is 18.8. The minimum atomic E-state index is -0.389. The Morgan fingerprint density at radius 3 is 2.50 bits per heavy atom. The van der Waals surface area contributed by atoms with Gasteiger partial charge in [-0.3, -0.25) is 9.59 Å². The second kappa shape index (κ2) is 9.57. The van der Waals surface area contributed by atoms with E-state index in [9.17, 15) is 9.59 Å². The standard InChI is InChI=1S/C26H31N3O3/c1-18(30)20-7-8-25(32-2)21(16-20)4-3-12-28-13-10-23(11-14-28)29-15-9-19-5-6-22(26(27)31)17-24(19)29/h5-9,15-17,23H,3-4,10-14H2,1-2H3,(H2,27,31). The molecule has 0 aliphatic carbocycles. The lowest BCUT2D eigenvalue weighted by Gasteiger charge is -2.33. The number of hydrogen-bond donors (Lipinski definition) is 1. The number of nitrogens with zero attached hydrogens (tertiary/aromatic N) is 2. The number of amides is 1. The molecule has 1 fully saturated rings. The van der Waals surface area contributed by atoms with Gasteiger partial charge in [0.1, 0.15) is 5.75 Å². The molecule has 2 aromatic carbocycles. The molecule has 6 heteroatoms. The maximum atomic E-state index is 11.7. The number of aryl methyl sites for hydroxylation is 1. The summed E-state index contributed by atoms with van der Waals surface area (Å²) in [4.78, 5) is 25.8. The van der Waals surface area contributed by atoms with Crippen molar-refractivity contribution in [1.29, 1.82) is 0 Å². The normalized spacial score (nSPS) is 15.2. The van der Waals surface area contributed by atoms with Crippen LogP contribution in [-0.4, -0.2) is 47.9 Å². The van der Waals surface area contributed by atoms with E-state index in [4.69, 9.17) is 10.5 Å². The fraction of sp³-hybridized carbons (Fsp3) is 0.385. The molecule has 32 heavy (non-hydrogen) atoms. The van der Waals surface area contributed by atoms with Crippen LogP contribution in [0.2, 0.25) is 0 Å². The van der Waals surface area contributed by atoms with Crippen LogP contribution in [-0.2, 0) is 6.42 Å². The van der Waals surface area contributed by atoms with E-state index in [1.165, 1.54) is 0 Å². The number of primary amides is 1. The van der Waals surface area contributed by atoms with Crippen molar-refractivity contribution in [3.63, 3.8) is 0 Å². The molecule has 0 spiro atoms. The summed E-state index contributed by atoms with van der Waals surface area (Å²) in [6.07, 6.45) is 6.20. The third kappa shape index (κ3) is 4.70. The van der Waals surface area contributed by atoms with E-state index in [0.29, 0.717) is 11.6 Å². The molecule has 2 N–H and O–H groups in total. The SMILES string of the molecule is COc1ccc(C(C)=O)cc1CCCN1CCC(n2ccc3ccc(C(N)=O)cc32)CC1. The highest BCUT2D eigenvalue weighted by atomic mass is 16.5. The van der Waals surface area contributed by atoms with E-state index in [2.05, 4.69) is 21.7 Å². The Morgan fingerprint density at radius 2 is 1.81 bits per heavy atom. The van der Waals surface area contributed by atoms with Gasteiger partial charge in [-0.15, -0.1) is 0 Å². The predicted molar refractivity (Wildman–Crippen MR) is 126 cm³/mol. The summed E-state index contributed by atoms with van der Waals surface area (Å²) in [5, 5.41) is 1.14. The predicted octanol–water partition coefficient (Wildman–Crippen LogP) is 4.22. The Kier molecular flexibility index (Phi) is 6.61. The second-order valence-electron chi connectivity index (χ2n) is 8.62. The Labute approximate surface area is 188 Å². The van der Waals surface area contributed by atoms with E-state index in [1.54, 1.807) is 20.1 Å². The van der Waals surface area contributed by atoms with Gasteiger partial charge in [-0.05, 0) is 86.5 Å². The molecule has 0 saturated carbocycles. The van der Waals surface area contributed by atoms with Crippen molar-refractivity contribution in [1.82, 2.24) is 9.47 Å². The number of methoxy groups -OCH3 is 1. The number of ether oxygens (including phenoxy) is 1. The number of ketones is 1. The van der Waals surface area contributed by atoms with Crippen molar-refractivity contribution < 1.29 is 14.3 Å². The summed E-state index contributed by atoms with van der Waals surface area (Å²) in [5.41, 5.74) is 8.94. The lowest BCUT2D eigenvalue weighted by atomic mass is 10.0. The number of rotatable bonds is 8. The topological polar surface area (TPSA) is 77.6 Å². The van der Waals surface area contributed by atoms with Gasteiger partial charge in [0.25, 0.3) is 0 Å². The number of nitrogens with two attached hydrogens (primary N) is 1. The Bertz CT molecular complexity index is 1130. The summed E-state index contributed by atoms with van der Waals surface area (Å²) < 4.78 is 7.78. The Balaban J connectivity index is 1.34. The van der Waals surface area contributed by atoms with Crippen molar-refractivity contribution >= 4 is 22.6 Å². The van der Waals surface area contributed by atoms with E-state index in [-0.39, 0.29) is 11.7 Å². The molecule has 168 valence electrons. The van der Waals surface area contributed by atoms with Crippen LogP contribution in [0, 0.1) is 0 Å². The molecule has 0 radical (unpaired) electrons. The molecule has 1 aliphatic heterocycles. The number of likely N-dealkylation sites (tertiary alicyclic amines) is 1. The molecule has 3 aromatic rings. The minimum absolute atomic E-state index is 0.0801. The van der Waals surface area contributed by atoms with Crippen LogP contribution in [0.4, 0.5) is 0 Å². The van der Waals surface area contributed by atoms with Crippen LogP contribution < -0.4 is 10.5 Å². The molecular weight excluding hydrogens is 402 g/mol. The second-order valence-corrected chi connectivity index (χ2v) is 8.62. The molecule has 0 bridgehead atoms. The van der Waals surface area contributed by atoms with Crippen molar-refractivity contribution in [2.75, 3.05) is 26.7 Å². The molecular formula is C26H31N3O3. The van der Waals surface area contributed by atoms with Gasteiger partial charge in [0, 0.05) is 42.0 Å². The number of fused-ring (bicyclic) bond motifs is 1. The van der Waals surface area contributed by atoms with Gasteiger partial charge in [0.15, 0.2) is 5.78 Å². The first-order valence-corrected chi connectivity index (χ1v) is 11.3. The summed E-state index contributed by atoms with van der Waals surface area (Å²) in [6, 6.07) is 13.9. The molecule has 1 saturated heterocycles. The quantitative estimate of drug-likeness (QED) is 0.540. The number of Topliss-reactive ketones (excluding diaryl/α,β-unsaturated/α-hetero) is 1. The Hall–Kier alpha value is -3.12. The molecule has 6 nitrogen and oxygen atoms in total. The molecule has 1 aromatic heterocycles. The number of piperidine rings is 1. The van der Waals surface area contributed by atoms with E-state index in [1.807, 2.05) is 30.3 Å². The average molecular weight is 434 g/mol. The molecule has 1 amide bonds. The third-order valence-electron chi connectivity index (χ3n) is 6.57. The largest absolute Gasteiger partial charge is 0.496 e. The third-order valence-corrected chi connectivity index (χ3v) is 6.57. The highest BCUT2D eigenvalue weighted by Crippen LogP contribution is 2.29. The maximum absolute atomic E-state index is 11.7. The molecule has 1 aliphatic rings. The number of carbonyl (C=O) groups is 2. The summed E-state index contributed by atoms with van der Waals surface area (Å²) >= 11 is 0. The van der Waals surface area contributed by atoms with Crippen molar-refractivity contribution in [3.05, 3.63) is 65.4 Å². The zero-order valence-corrected chi connectivity index (χ0v) is 18.8. The minimum Gasteiger partial charge on any atom is -0.496 e. The molecule has 2 heterocycles. The monoisotopic (exact) mass is 433 g/mol. The van der Waals surface area contributed by atoms with Crippen LogP contribution in [0.3, 0.4) is 0 Å². The van der Waals surface area contributed by atoms with Gasteiger partial charge in [-0.1, -0.05) is 6.07 Å². The van der Waals surface area contributed by atoms with Crippen LogP contribution in [0.1, 0.15) is 58.5 Å². The number of aromatic nitrogens is 1. The number of hydrogen-bond acceptors (Lipinski definition) is 4. The fourth-order valence-electron chi connectivity index (χ4n) is 4.73. The van der Waals surface area contributed by atoms with Crippen LogP contribution in [0.25, 0.3) is 10.9 Å². The molecule has 0 unspecified atom stereocenters. The fourth-order valence-corrected chi connectivity index (χ4v) is 4.73. The molecule has 0 atom stereocenters. The van der Waals surface area contributed by atoms with Gasteiger partial charge in [0.2, 0.25) is 5.91 Å². The van der Waals surface area contributed by atoms with Gasteiger partial charge in [-0.2, -0.15) is 0 Å². The number of carbonyl (C=O) groups excluding carboxylic acids is 2. The Morgan fingerprint density at radius 1 is 1.06 bits per heavy atom. The summed E-state index contributed by atoms with van der Waals surface area (Å²) in [6.45, 7) is 4.71. The van der Waals surface area contributed by atoms with Gasteiger partial charge in [0.05, 0.1) is 7.11 Å². The highest BCUT2D eigenvalue weighted by Gasteiger charge is 2.21. The van der Waals surface area contributed by atoms with Crippen LogP contribution in [0.15, 0.2) is 48.7 Å². The average Bonchev–Trinajstić information content (AvgIpc) is 3.22.